The van der Waals surface area contributed by atoms with Crippen LogP contribution in [-0.4, -0.2) is 29.9 Å². The van der Waals surface area contributed by atoms with Crippen LogP contribution in [-0.2, 0) is 4.79 Å². The van der Waals surface area contributed by atoms with Crippen molar-refractivity contribution in [1.82, 2.24) is 5.32 Å². The first-order valence-electron chi connectivity index (χ1n) is 10.2. The van der Waals surface area contributed by atoms with Gasteiger partial charge < -0.3 is 15.2 Å². The highest BCUT2D eigenvalue weighted by atomic mass is 35.5. The standard InChI is InChI=1S/C25H23ClFNO4/c26-19-11-7-17(8-12-19)23(6-3-15-28-16-24(29)30)32-20-13-9-18(10-14-20)25(31)21-4-1-2-5-22(21)27/h1-2,4-5,7-14,23,28H,3,6,15-16H2,(H,29,30). The smallest absolute Gasteiger partial charge is 0.317 e. The van der Waals surface area contributed by atoms with Crippen LogP contribution in [0.5, 0.6) is 5.75 Å². The average Bonchev–Trinajstić information content (AvgIpc) is 2.79. The number of carboxylic acids is 1. The molecule has 0 heterocycles. The fourth-order valence-electron chi connectivity index (χ4n) is 3.23. The average molecular weight is 456 g/mol. The quantitative estimate of drug-likeness (QED) is 0.304. The number of carbonyl (C=O) groups excluding carboxylic acids is 1. The van der Waals surface area contributed by atoms with Gasteiger partial charge in [0.15, 0.2) is 5.78 Å². The van der Waals surface area contributed by atoms with Gasteiger partial charge in [0.2, 0.25) is 0 Å². The van der Waals surface area contributed by atoms with Gasteiger partial charge in [0.1, 0.15) is 17.7 Å². The lowest BCUT2D eigenvalue weighted by Gasteiger charge is -2.20. The van der Waals surface area contributed by atoms with Crippen LogP contribution in [0.15, 0.2) is 72.8 Å². The van der Waals surface area contributed by atoms with Crippen LogP contribution in [0.2, 0.25) is 5.02 Å². The van der Waals surface area contributed by atoms with Gasteiger partial charge in [-0.15, -0.1) is 0 Å². The molecule has 3 aromatic rings. The van der Waals surface area contributed by atoms with Crippen LogP contribution in [0.3, 0.4) is 0 Å². The Morgan fingerprint density at radius 2 is 1.69 bits per heavy atom. The Balaban J connectivity index is 1.69. The SMILES string of the molecule is O=C(O)CNCCCC(Oc1ccc(C(=O)c2ccccc2F)cc1)c1ccc(Cl)cc1. The first-order chi connectivity index (χ1) is 15.4. The molecule has 32 heavy (non-hydrogen) atoms. The third-order valence-electron chi connectivity index (χ3n) is 4.85. The predicted molar refractivity (Wildman–Crippen MR) is 121 cm³/mol. The second-order valence-corrected chi connectivity index (χ2v) is 7.64. The van der Waals surface area contributed by atoms with Gasteiger partial charge in [-0.3, -0.25) is 9.59 Å². The molecule has 0 bridgehead atoms. The lowest BCUT2D eigenvalue weighted by atomic mass is 10.0. The van der Waals surface area contributed by atoms with E-state index < -0.39 is 17.6 Å². The van der Waals surface area contributed by atoms with Crippen molar-refractivity contribution < 1.29 is 23.8 Å². The second kappa shape index (κ2) is 11.4. The van der Waals surface area contributed by atoms with Crippen LogP contribution in [0, 0.1) is 5.82 Å². The van der Waals surface area contributed by atoms with Gasteiger partial charge in [-0.2, -0.15) is 0 Å². The minimum atomic E-state index is -0.902. The molecule has 0 fully saturated rings. The molecule has 0 saturated heterocycles. The van der Waals surface area contributed by atoms with Crippen molar-refractivity contribution in [2.24, 2.45) is 0 Å². The highest BCUT2D eigenvalue weighted by Crippen LogP contribution is 2.27. The van der Waals surface area contributed by atoms with E-state index in [9.17, 15) is 14.0 Å². The molecule has 3 rings (SSSR count). The monoisotopic (exact) mass is 455 g/mol. The maximum Gasteiger partial charge on any atom is 0.317 e. The number of aliphatic carboxylic acids is 1. The molecule has 0 aromatic heterocycles. The summed E-state index contributed by atoms with van der Waals surface area (Å²) in [5.41, 5.74) is 1.32. The molecule has 0 spiro atoms. The van der Waals surface area contributed by atoms with Crippen LogP contribution in [0.4, 0.5) is 4.39 Å². The third kappa shape index (κ3) is 6.64. The molecule has 2 N–H and O–H groups in total. The van der Waals surface area contributed by atoms with Crippen molar-refractivity contribution in [2.75, 3.05) is 13.1 Å². The molecule has 166 valence electrons. The van der Waals surface area contributed by atoms with E-state index in [-0.39, 0.29) is 18.2 Å². The van der Waals surface area contributed by atoms with Crippen molar-refractivity contribution in [3.8, 4) is 5.75 Å². The van der Waals surface area contributed by atoms with Crippen molar-refractivity contribution in [2.45, 2.75) is 18.9 Å². The highest BCUT2D eigenvalue weighted by molar-refractivity contribution is 6.30. The van der Waals surface area contributed by atoms with Crippen LogP contribution in [0.25, 0.3) is 0 Å². The van der Waals surface area contributed by atoms with Crippen molar-refractivity contribution in [3.63, 3.8) is 0 Å². The Hall–Kier alpha value is -3.22. The summed E-state index contributed by atoms with van der Waals surface area (Å²) in [4.78, 5) is 23.2. The van der Waals surface area contributed by atoms with Crippen LogP contribution in [0.1, 0.15) is 40.4 Å². The maximum atomic E-state index is 13.9. The maximum absolute atomic E-state index is 13.9. The normalized spacial score (nSPS) is 11.7. The van der Waals surface area contributed by atoms with E-state index in [1.54, 1.807) is 42.5 Å². The molecule has 0 aliphatic carbocycles. The summed E-state index contributed by atoms with van der Waals surface area (Å²) in [6.07, 6.45) is 1.06. The summed E-state index contributed by atoms with van der Waals surface area (Å²) in [6.45, 7) is 0.444. The molecule has 0 aliphatic rings. The first-order valence-corrected chi connectivity index (χ1v) is 10.6. The Kier molecular flexibility index (Phi) is 8.36. The molecule has 0 radical (unpaired) electrons. The Bertz CT molecular complexity index is 1050. The molecule has 0 aliphatic heterocycles. The van der Waals surface area contributed by atoms with Gasteiger partial charge in [0.05, 0.1) is 12.1 Å². The summed E-state index contributed by atoms with van der Waals surface area (Å²) in [7, 11) is 0. The largest absolute Gasteiger partial charge is 0.486 e. The number of hydrogen-bond acceptors (Lipinski definition) is 4. The minimum Gasteiger partial charge on any atom is -0.486 e. The van der Waals surface area contributed by atoms with E-state index in [1.165, 1.54) is 18.2 Å². The molecule has 0 amide bonds. The van der Waals surface area contributed by atoms with E-state index >= 15 is 0 Å². The van der Waals surface area contributed by atoms with Gasteiger partial charge in [0, 0.05) is 10.6 Å². The van der Waals surface area contributed by atoms with Gasteiger partial charge in [-0.05, 0) is 73.5 Å². The third-order valence-corrected chi connectivity index (χ3v) is 5.10. The van der Waals surface area contributed by atoms with E-state index in [2.05, 4.69) is 5.32 Å². The zero-order valence-corrected chi connectivity index (χ0v) is 18.0. The second-order valence-electron chi connectivity index (χ2n) is 7.20. The minimum absolute atomic E-state index is 0.0223. The summed E-state index contributed by atoms with van der Waals surface area (Å²) in [5, 5.41) is 12.2. The lowest BCUT2D eigenvalue weighted by molar-refractivity contribution is -0.135. The van der Waals surface area contributed by atoms with E-state index in [0.29, 0.717) is 35.7 Å². The number of nitrogens with one attached hydrogen (secondary N) is 1. The molecule has 7 heteroatoms. The van der Waals surface area contributed by atoms with E-state index in [0.717, 1.165) is 5.56 Å². The van der Waals surface area contributed by atoms with Gasteiger partial charge in [-0.1, -0.05) is 35.9 Å². The van der Waals surface area contributed by atoms with Crippen LogP contribution >= 0.6 is 11.6 Å². The zero-order chi connectivity index (χ0) is 22.9. The van der Waals surface area contributed by atoms with Gasteiger partial charge in [0.25, 0.3) is 0 Å². The van der Waals surface area contributed by atoms with Crippen molar-refractivity contribution >= 4 is 23.4 Å². The van der Waals surface area contributed by atoms with E-state index in [1.807, 2.05) is 12.1 Å². The molecule has 1 unspecified atom stereocenters. The topological polar surface area (TPSA) is 75.6 Å². The number of ketones is 1. The Morgan fingerprint density at radius 1 is 1.00 bits per heavy atom. The number of rotatable bonds is 11. The molecule has 5 nitrogen and oxygen atoms in total. The summed E-state index contributed by atoms with van der Waals surface area (Å²) >= 11 is 6.00. The van der Waals surface area contributed by atoms with Crippen molar-refractivity contribution in [3.05, 3.63) is 100 Å². The Morgan fingerprint density at radius 3 is 2.34 bits per heavy atom. The summed E-state index contributed by atoms with van der Waals surface area (Å²) < 4.78 is 20.1. The first kappa shape index (κ1) is 23.4. The molecule has 1 atom stereocenters. The zero-order valence-electron chi connectivity index (χ0n) is 17.3. The van der Waals surface area contributed by atoms with Crippen molar-refractivity contribution in [1.29, 1.82) is 0 Å². The fraction of sp³-hybridized carbons (Fsp3) is 0.200. The van der Waals surface area contributed by atoms with E-state index in [4.69, 9.17) is 21.4 Å². The molecule has 0 saturated carbocycles. The summed E-state index contributed by atoms with van der Waals surface area (Å²) in [6, 6.07) is 19.8. The molecular weight excluding hydrogens is 433 g/mol. The number of benzene rings is 3. The molecular formula is C25H23ClFNO4. The van der Waals surface area contributed by atoms with Crippen LogP contribution < -0.4 is 10.1 Å². The number of ether oxygens (including phenoxy) is 1. The highest BCUT2D eigenvalue weighted by Gasteiger charge is 2.16. The number of carbonyl (C=O) groups is 2. The predicted octanol–water partition coefficient (Wildman–Crippen LogP) is 5.28. The fourth-order valence-corrected chi connectivity index (χ4v) is 3.35. The number of hydrogen-bond donors (Lipinski definition) is 2. The summed E-state index contributed by atoms with van der Waals surface area (Å²) in [5.74, 6) is -1.29. The van der Waals surface area contributed by atoms with Gasteiger partial charge in [-0.25, -0.2) is 4.39 Å². The lowest BCUT2D eigenvalue weighted by Crippen LogP contribution is -2.24. The number of halogens is 2. The molecule has 3 aromatic carbocycles. The Labute approximate surface area is 190 Å². The number of carboxylic acid groups (broad SMARTS) is 1. The van der Waals surface area contributed by atoms with Gasteiger partial charge >= 0.3 is 5.97 Å².